The molecule has 0 fully saturated rings. The Hall–Kier alpha value is -1.59. The molecule has 0 unspecified atom stereocenters. The van der Waals surface area contributed by atoms with Gasteiger partial charge in [-0.2, -0.15) is 0 Å². The Labute approximate surface area is 136 Å². The molecule has 0 atom stereocenters. The maximum Gasteiger partial charge on any atom is 0.231 e. The van der Waals surface area contributed by atoms with E-state index >= 15 is 0 Å². The average molecular weight is 371 g/mol. The molecule has 3 rings (SSSR count). The molecule has 0 spiro atoms. The zero-order valence-electron chi connectivity index (χ0n) is 11.3. The third-order valence-corrected chi connectivity index (χ3v) is 4.07. The van der Waals surface area contributed by atoms with Crippen molar-refractivity contribution in [2.24, 2.45) is 0 Å². The van der Waals surface area contributed by atoms with Gasteiger partial charge in [-0.3, -0.25) is 0 Å². The Morgan fingerprint density at radius 2 is 2.14 bits per heavy atom. The summed E-state index contributed by atoms with van der Waals surface area (Å²) in [6, 6.07) is 9.64. The second kappa shape index (κ2) is 6.03. The van der Waals surface area contributed by atoms with Gasteiger partial charge in [0, 0.05) is 18.3 Å². The standard InChI is InChI=1S/C15H13BrClNO3/c1-19-13-6-10(2-3-11(13)16)18-7-9-4-12(17)15-14(5-9)20-8-21-15/h2-6,18H,7-8H2,1H3. The van der Waals surface area contributed by atoms with E-state index in [4.69, 9.17) is 25.8 Å². The van der Waals surface area contributed by atoms with Gasteiger partial charge in [-0.25, -0.2) is 0 Å². The fourth-order valence-corrected chi connectivity index (χ4v) is 2.79. The monoisotopic (exact) mass is 369 g/mol. The van der Waals surface area contributed by atoms with Gasteiger partial charge >= 0.3 is 0 Å². The van der Waals surface area contributed by atoms with E-state index in [1.165, 1.54) is 0 Å². The second-order valence-corrected chi connectivity index (χ2v) is 5.78. The van der Waals surface area contributed by atoms with Crippen molar-refractivity contribution in [1.29, 1.82) is 0 Å². The Balaban J connectivity index is 1.75. The summed E-state index contributed by atoms with van der Waals surface area (Å²) >= 11 is 9.60. The molecule has 4 nitrogen and oxygen atoms in total. The molecule has 21 heavy (non-hydrogen) atoms. The lowest BCUT2D eigenvalue weighted by molar-refractivity contribution is 0.174. The molecule has 0 saturated carbocycles. The largest absolute Gasteiger partial charge is 0.495 e. The molecule has 6 heteroatoms. The van der Waals surface area contributed by atoms with E-state index in [0.717, 1.165) is 21.5 Å². The summed E-state index contributed by atoms with van der Waals surface area (Å²) in [5, 5.41) is 3.89. The molecule has 1 heterocycles. The van der Waals surface area contributed by atoms with Gasteiger partial charge in [-0.05, 0) is 45.8 Å². The van der Waals surface area contributed by atoms with E-state index in [1.54, 1.807) is 7.11 Å². The number of methoxy groups -OCH3 is 1. The van der Waals surface area contributed by atoms with Gasteiger partial charge in [0.25, 0.3) is 0 Å². The third-order valence-electron chi connectivity index (χ3n) is 3.13. The molecule has 0 bridgehead atoms. The lowest BCUT2D eigenvalue weighted by Gasteiger charge is -2.10. The van der Waals surface area contributed by atoms with Crippen LogP contribution in [0.15, 0.2) is 34.8 Å². The van der Waals surface area contributed by atoms with Gasteiger partial charge in [0.1, 0.15) is 5.75 Å². The van der Waals surface area contributed by atoms with Crippen LogP contribution in [-0.2, 0) is 6.54 Å². The first kappa shape index (κ1) is 14.4. The summed E-state index contributed by atoms with van der Waals surface area (Å²) in [6.07, 6.45) is 0. The van der Waals surface area contributed by atoms with Crippen molar-refractivity contribution in [1.82, 2.24) is 0 Å². The van der Waals surface area contributed by atoms with E-state index in [2.05, 4.69) is 21.2 Å². The highest BCUT2D eigenvalue weighted by Gasteiger charge is 2.18. The topological polar surface area (TPSA) is 39.7 Å². The molecular weight excluding hydrogens is 358 g/mol. The van der Waals surface area contributed by atoms with Crippen molar-refractivity contribution < 1.29 is 14.2 Å². The first-order valence-electron chi connectivity index (χ1n) is 6.33. The van der Waals surface area contributed by atoms with E-state index in [9.17, 15) is 0 Å². The summed E-state index contributed by atoms with van der Waals surface area (Å²) < 4.78 is 16.8. The van der Waals surface area contributed by atoms with Gasteiger partial charge in [-0.15, -0.1) is 0 Å². The minimum atomic E-state index is 0.218. The van der Waals surface area contributed by atoms with Crippen LogP contribution in [0, 0.1) is 0 Å². The minimum absolute atomic E-state index is 0.218. The summed E-state index contributed by atoms with van der Waals surface area (Å²) in [7, 11) is 1.64. The average Bonchev–Trinajstić information content (AvgIpc) is 2.95. The number of fused-ring (bicyclic) bond motifs is 1. The first-order chi connectivity index (χ1) is 10.2. The smallest absolute Gasteiger partial charge is 0.231 e. The van der Waals surface area contributed by atoms with Crippen molar-refractivity contribution in [3.63, 3.8) is 0 Å². The van der Waals surface area contributed by atoms with Crippen LogP contribution in [0.2, 0.25) is 5.02 Å². The van der Waals surface area contributed by atoms with Crippen LogP contribution in [0.5, 0.6) is 17.2 Å². The Morgan fingerprint density at radius 1 is 1.29 bits per heavy atom. The molecule has 110 valence electrons. The zero-order valence-corrected chi connectivity index (χ0v) is 13.6. The van der Waals surface area contributed by atoms with E-state index in [-0.39, 0.29) is 6.79 Å². The molecule has 2 aromatic carbocycles. The van der Waals surface area contributed by atoms with Gasteiger partial charge in [0.15, 0.2) is 11.5 Å². The molecule has 2 aromatic rings. The number of hydrogen-bond acceptors (Lipinski definition) is 4. The molecule has 1 aliphatic rings. The van der Waals surface area contributed by atoms with Crippen molar-refractivity contribution >= 4 is 33.2 Å². The number of hydrogen-bond donors (Lipinski definition) is 1. The highest BCUT2D eigenvalue weighted by atomic mass is 79.9. The van der Waals surface area contributed by atoms with Gasteiger partial charge < -0.3 is 19.5 Å². The minimum Gasteiger partial charge on any atom is -0.495 e. The van der Waals surface area contributed by atoms with Gasteiger partial charge in [0.05, 0.1) is 16.6 Å². The Morgan fingerprint density at radius 3 is 2.95 bits per heavy atom. The molecule has 0 amide bonds. The summed E-state index contributed by atoms with van der Waals surface area (Å²) in [5.41, 5.74) is 1.98. The first-order valence-corrected chi connectivity index (χ1v) is 7.50. The molecule has 0 saturated heterocycles. The number of benzene rings is 2. The van der Waals surface area contributed by atoms with Crippen LogP contribution in [0.25, 0.3) is 0 Å². The SMILES string of the molecule is COc1cc(NCc2cc(Cl)c3c(c2)OCO3)ccc1Br. The highest BCUT2D eigenvalue weighted by molar-refractivity contribution is 9.10. The molecule has 1 aliphatic heterocycles. The highest BCUT2D eigenvalue weighted by Crippen LogP contribution is 2.40. The van der Waals surface area contributed by atoms with Crippen LogP contribution >= 0.6 is 27.5 Å². The summed E-state index contributed by atoms with van der Waals surface area (Å²) in [6.45, 7) is 0.844. The van der Waals surface area contributed by atoms with Crippen LogP contribution in [0.4, 0.5) is 5.69 Å². The molecule has 0 aliphatic carbocycles. The summed E-state index contributed by atoms with van der Waals surface area (Å²) in [4.78, 5) is 0. The maximum absolute atomic E-state index is 6.17. The number of halogens is 2. The van der Waals surface area contributed by atoms with Crippen molar-refractivity contribution in [2.75, 3.05) is 19.2 Å². The van der Waals surface area contributed by atoms with Crippen LogP contribution in [0.3, 0.4) is 0 Å². The van der Waals surface area contributed by atoms with Crippen molar-refractivity contribution in [2.45, 2.75) is 6.54 Å². The van der Waals surface area contributed by atoms with E-state index in [0.29, 0.717) is 23.1 Å². The lowest BCUT2D eigenvalue weighted by atomic mass is 10.2. The summed E-state index contributed by atoms with van der Waals surface area (Å²) in [5.74, 6) is 2.09. The van der Waals surface area contributed by atoms with Gasteiger partial charge in [0.2, 0.25) is 6.79 Å². The number of ether oxygens (including phenoxy) is 3. The molecule has 1 N–H and O–H groups in total. The van der Waals surface area contributed by atoms with E-state index < -0.39 is 0 Å². The second-order valence-electron chi connectivity index (χ2n) is 4.51. The van der Waals surface area contributed by atoms with Crippen LogP contribution < -0.4 is 19.5 Å². The third kappa shape index (κ3) is 3.04. The fourth-order valence-electron chi connectivity index (χ4n) is 2.10. The van der Waals surface area contributed by atoms with Crippen molar-refractivity contribution in [3.05, 3.63) is 45.4 Å². The molecule has 0 radical (unpaired) electrons. The predicted molar refractivity (Wildman–Crippen MR) is 85.6 cm³/mol. The number of anilines is 1. The molecule has 0 aromatic heterocycles. The zero-order chi connectivity index (χ0) is 14.8. The van der Waals surface area contributed by atoms with Crippen LogP contribution in [0.1, 0.15) is 5.56 Å². The van der Waals surface area contributed by atoms with Crippen LogP contribution in [-0.4, -0.2) is 13.9 Å². The lowest BCUT2D eigenvalue weighted by Crippen LogP contribution is -2.00. The van der Waals surface area contributed by atoms with Gasteiger partial charge in [-0.1, -0.05) is 11.6 Å². The molecular formula is C15H13BrClNO3. The normalized spacial score (nSPS) is 12.3. The fraction of sp³-hybridized carbons (Fsp3) is 0.200. The van der Waals surface area contributed by atoms with E-state index in [1.807, 2.05) is 30.3 Å². The Kier molecular flexibility index (Phi) is 4.12. The number of nitrogens with one attached hydrogen (secondary N) is 1. The number of rotatable bonds is 4. The quantitative estimate of drug-likeness (QED) is 0.863. The maximum atomic E-state index is 6.17. The van der Waals surface area contributed by atoms with Crippen molar-refractivity contribution in [3.8, 4) is 17.2 Å². The Bertz CT molecular complexity index is 678. The predicted octanol–water partition coefficient (Wildman–Crippen LogP) is 4.45.